The van der Waals surface area contributed by atoms with Gasteiger partial charge in [0.05, 0.1) is 12.7 Å². The number of rotatable bonds is 5. The van der Waals surface area contributed by atoms with Crippen molar-refractivity contribution in [1.82, 2.24) is 0 Å². The highest BCUT2D eigenvalue weighted by Crippen LogP contribution is 2.24. The molecular weight excluding hydrogens is 334 g/mol. The zero-order valence-electron chi connectivity index (χ0n) is 11.6. The summed E-state index contributed by atoms with van der Waals surface area (Å²) in [4.78, 5) is 12.2. The van der Waals surface area contributed by atoms with E-state index < -0.39 is 0 Å². The maximum Gasteiger partial charge on any atom is 0.259 e. The third-order valence-electron chi connectivity index (χ3n) is 3.04. The van der Waals surface area contributed by atoms with Crippen LogP contribution in [-0.2, 0) is 6.42 Å². The van der Waals surface area contributed by atoms with Crippen molar-refractivity contribution < 1.29 is 14.6 Å². The number of ether oxygens (including phenoxy) is 1. The van der Waals surface area contributed by atoms with Crippen LogP contribution in [0.3, 0.4) is 0 Å². The van der Waals surface area contributed by atoms with Gasteiger partial charge < -0.3 is 15.2 Å². The number of hydrogen-bond donors (Lipinski definition) is 2. The van der Waals surface area contributed by atoms with Crippen LogP contribution in [0.2, 0.25) is 0 Å². The SMILES string of the molecule is COc1ccc(O)c(C(=O)Nc2ccc(CCBr)cc2)c1. The third kappa shape index (κ3) is 3.98. The number of anilines is 1. The molecule has 0 spiro atoms. The lowest BCUT2D eigenvalue weighted by atomic mass is 10.1. The number of nitrogens with one attached hydrogen (secondary N) is 1. The highest BCUT2D eigenvalue weighted by atomic mass is 79.9. The number of hydrogen-bond acceptors (Lipinski definition) is 3. The highest BCUT2D eigenvalue weighted by molar-refractivity contribution is 9.09. The fourth-order valence-electron chi connectivity index (χ4n) is 1.89. The van der Waals surface area contributed by atoms with Gasteiger partial charge in [-0.2, -0.15) is 0 Å². The van der Waals surface area contributed by atoms with Crippen molar-refractivity contribution in [2.45, 2.75) is 6.42 Å². The first-order chi connectivity index (χ1) is 10.1. The van der Waals surface area contributed by atoms with Gasteiger partial charge in [-0.05, 0) is 42.3 Å². The first-order valence-electron chi connectivity index (χ1n) is 6.47. The fraction of sp³-hybridized carbons (Fsp3) is 0.188. The van der Waals surface area contributed by atoms with Gasteiger partial charge >= 0.3 is 0 Å². The molecule has 0 aliphatic heterocycles. The van der Waals surface area contributed by atoms with Crippen LogP contribution >= 0.6 is 15.9 Å². The molecule has 0 radical (unpaired) electrons. The number of carbonyl (C=O) groups is 1. The monoisotopic (exact) mass is 349 g/mol. The van der Waals surface area contributed by atoms with Gasteiger partial charge in [-0.25, -0.2) is 0 Å². The van der Waals surface area contributed by atoms with Crippen LogP contribution in [0.1, 0.15) is 15.9 Å². The number of alkyl halides is 1. The summed E-state index contributed by atoms with van der Waals surface area (Å²) in [5.41, 5.74) is 2.05. The topological polar surface area (TPSA) is 58.6 Å². The van der Waals surface area contributed by atoms with E-state index >= 15 is 0 Å². The summed E-state index contributed by atoms with van der Waals surface area (Å²) < 4.78 is 5.06. The summed E-state index contributed by atoms with van der Waals surface area (Å²) in [7, 11) is 1.51. The molecule has 0 aliphatic rings. The largest absolute Gasteiger partial charge is 0.507 e. The molecular formula is C16H16BrNO3. The van der Waals surface area contributed by atoms with Gasteiger partial charge in [-0.3, -0.25) is 4.79 Å². The Kier molecular flexibility index (Phi) is 5.22. The number of carbonyl (C=O) groups excluding carboxylic acids is 1. The maximum atomic E-state index is 12.2. The second-order valence-corrected chi connectivity index (χ2v) is 5.27. The number of halogens is 1. The molecule has 2 aromatic rings. The van der Waals surface area contributed by atoms with Crippen LogP contribution < -0.4 is 10.1 Å². The molecule has 110 valence electrons. The molecule has 0 aliphatic carbocycles. The Bertz CT molecular complexity index is 626. The molecule has 5 heteroatoms. The predicted octanol–water partition coefficient (Wildman–Crippen LogP) is 3.59. The van der Waals surface area contributed by atoms with Gasteiger partial charge in [0.1, 0.15) is 11.5 Å². The lowest BCUT2D eigenvalue weighted by Gasteiger charge is -2.09. The standard InChI is InChI=1S/C16H16BrNO3/c1-21-13-6-7-15(19)14(10-13)16(20)18-12-4-2-11(3-5-12)8-9-17/h2-7,10,19H,8-9H2,1H3,(H,18,20). The number of phenols is 1. The Morgan fingerprint density at radius 1 is 1.24 bits per heavy atom. The van der Waals surface area contributed by atoms with Crippen molar-refractivity contribution in [2.24, 2.45) is 0 Å². The second-order valence-electron chi connectivity index (χ2n) is 4.47. The molecule has 0 saturated carbocycles. The predicted molar refractivity (Wildman–Crippen MR) is 86.6 cm³/mol. The number of phenolic OH excluding ortho intramolecular Hbond substituents is 1. The lowest BCUT2D eigenvalue weighted by molar-refractivity contribution is 0.102. The van der Waals surface area contributed by atoms with Crippen molar-refractivity contribution in [3.8, 4) is 11.5 Å². The molecule has 0 saturated heterocycles. The van der Waals surface area contributed by atoms with E-state index in [4.69, 9.17) is 4.74 Å². The zero-order valence-corrected chi connectivity index (χ0v) is 13.2. The molecule has 0 unspecified atom stereocenters. The van der Waals surface area contributed by atoms with E-state index in [1.54, 1.807) is 6.07 Å². The average Bonchev–Trinajstić information content (AvgIpc) is 2.50. The summed E-state index contributed by atoms with van der Waals surface area (Å²) in [5.74, 6) is 0.0643. The van der Waals surface area contributed by atoms with Gasteiger partial charge in [0.25, 0.3) is 5.91 Å². The summed E-state index contributed by atoms with van der Waals surface area (Å²) in [5, 5.41) is 13.4. The van der Waals surface area contributed by atoms with E-state index in [0.29, 0.717) is 11.4 Å². The number of methoxy groups -OCH3 is 1. The van der Waals surface area contributed by atoms with E-state index in [1.807, 2.05) is 24.3 Å². The second kappa shape index (κ2) is 7.13. The lowest BCUT2D eigenvalue weighted by Crippen LogP contribution is -2.12. The highest BCUT2D eigenvalue weighted by Gasteiger charge is 2.12. The first-order valence-corrected chi connectivity index (χ1v) is 7.59. The van der Waals surface area contributed by atoms with Crippen molar-refractivity contribution in [3.63, 3.8) is 0 Å². The molecule has 0 aromatic heterocycles. The summed E-state index contributed by atoms with van der Waals surface area (Å²) in [6, 6.07) is 12.1. The molecule has 0 bridgehead atoms. The molecule has 1 amide bonds. The summed E-state index contributed by atoms with van der Waals surface area (Å²) >= 11 is 3.39. The normalized spacial score (nSPS) is 10.2. The molecule has 2 aromatic carbocycles. The van der Waals surface area contributed by atoms with E-state index in [1.165, 1.54) is 24.8 Å². The number of aromatic hydroxyl groups is 1. The molecule has 4 nitrogen and oxygen atoms in total. The molecule has 2 rings (SSSR count). The first kappa shape index (κ1) is 15.4. The van der Waals surface area contributed by atoms with Crippen LogP contribution in [0.5, 0.6) is 11.5 Å². The van der Waals surface area contributed by atoms with Crippen LogP contribution in [-0.4, -0.2) is 23.5 Å². The Morgan fingerprint density at radius 3 is 2.57 bits per heavy atom. The number of aryl methyl sites for hydroxylation is 1. The molecule has 0 fully saturated rings. The molecule has 2 N–H and O–H groups in total. The van der Waals surface area contributed by atoms with E-state index in [9.17, 15) is 9.90 Å². The van der Waals surface area contributed by atoms with Crippen LogP contribution in [0.4, 0.5) is 5.69 Å². The van der Waals surface area contributed by atoms with Crippen molar-refractivity contribution in [2.75, 3.05) is 17.8 Å². The Hall–Kier alpha value is -2.01. The molecule has 0 heterocycles. The number of benzene rings is 2. The maximum absolute atomic E-state index is 12.2. The third-order valence-corrected chi connectivity index (χ3v) is 3.44. The van der Waals surface area contributed by atoms with Crippen LogP contribution in [0.15, 0.2) is 42.5 Å². The Morgan fingerprint density at radius 2 is 1.95 bits per heavy atom. The fourth-order valence-corrected chi connectivity index (χ4v) is 2.34. The van der Waals surface area contributed by atoms with Crippen LogP contribution in [0, 0.1) is 0 Å². The van der Waals surface area contributed by atoms with Gasteiger partial charge in [0, 0.05) is 11.0 Å². The smallest absolute Gasteiger partial charge is 0.259 e. The van der Waals surface area contributed by atoms with Gasteiger partial charge in [0.2, 0.25) is 0 Å². The van der Waals surface area contributed by atoms with Gasteiger partial charge in [0.15, 0.2) is 0 Å². The average molecular weight is 350 g/mol. The van der Waals surface area contributed by atoms with Crippen molar-refractivity contribution >= 4 is 27.5 Å². The van der Waals surface area contributed by atoms with Gasteiger partial charge in [-0.1, -0.05) is 28.1 Å². The Balaban J connectivity index is 2.14. The van der Waals surface area contributed by atoms with E-state index in [-0.39, 0.29) is 17.2 Å². The summed E-state index contributed by atoms with van der Waals surface area (Å²) in [6.07, 6.45) is 0.935. The minimum atomic E-state index is -0.375. The summed E-state index contributed by atoms with van der Waals surface area (Å²) in [6.45, 7) is 0. The van der Waals surface area contributed by atoms with Crippen molar-refractivity contribution in [3.05, 3.63) is 53.6 Å². The van der Waals surface area contributed by atoms with Gasteiger partial charge in [-0.15, -0.1) is 0 Å². The van der Waals surface area contributed by atoms with Crippen LogP contribution in [0.25, 0.3) is 0 Å². The van der Waals surface area contributed by atoms with Crippen molar-refractivity contribution in [1.29, 1.82) is 0 Å². The van der Waals surface area contributed by atoms with E-state index in [0.717, 1.165) is 11.8 Å². The number of amides is 1. The Labute approximate surface area is 131 Å². The zero-order chi connectivity index (χ0) is 15.2. The minimum Gasteiger partial charge on any atom is -0.507 e. The molecule has 21 heavy (non-hydrogen) atoms. The quantitative estimate of drug-likeness (QED) is 0.811. The van der Waals surface area contributed by atoms with E-state index in [2.05, 4.69) is 21.2 Å². The minimum absolute atomic E-state index is 0.0794. The molecule has 0 atom stereocenters.